The number of carbonyl (C=O) groups excluding carboxylic acids is 2. The normalized spacial score (nSPS) is 15.0. The number of benzene rings is 1. The number of allylic oxidation sites excluding steroid dienone is 1. The minimum Gasteiger partial charge on any atom is -0.459 e. The lowest BCUT2D eigenvalue weighted by molar-refractivity contribution is -0.168. The minimum absolute atomic E-state index is 0.117. The van der Waals surface area contributed by atoms with Crippen molar-refractivity contribution in [3.8, 4) is 0 Å². The summed E-state index contributed by atoms with van der Waals surface area (Å²) in [7, 11) is 0. The van der Waals surface area contributed by atoms with Crippen LogP contribution in [0.5, 0.6) is 0 Å². The zero-order valence-electron chi connectivity index (χ0n) is 16.9. The first-order valence-electron chi connectivity index (χ1n) is 8.77. The molecule has 0 aliphatic carbocycles. The maximum absolute atomic E-state index is 12.4. The number of hydrogen-bond donors (Lipinski definition) is 0. The molecule has 1 aromatic rings. The highest BCUT2D eigenvalue weighted by Crippen LogP contribution is 2.28. The fraction of sp³-hybridized carbons (Fsp3) is 0.545. The van der Waals surface area contributed by atoms with E-state index in [9.17, 15) is 9.59 Å². The van der Waals surface area contributed by atoms with Crippen LogP contribution >= 0.6 is 0 Å². The van der Waals surface area contributed by atoms with Gasteiger partial charge in [-0.05, 0) is 57.6 Å². The van der Waals surface area contributed by atoms with E-state index in [0.29, 0.717) is 6.42 Å². The van der Waals surface area contributed by atoms with Gasteiger partial charge >= 0.3 is 5.97 Å². The van der Waals surface area contributed by atoms with Gasteiger partial charge in [0.15, 0.2) is 0 Å². The summed E-state index contributed by atoms with van der Waals surface area (Å²) >= 11 is 0. The van der Waals surface area contributed by atoms with E-state index in [1.807, 2.05) is 12.2 Å². The van der Waals surface area contributed by atoms with Gasteiger partial charge in [0.2, 0.25) is 0 Å². The Morgan fingerprint density at radius 1 is 0.960 bits per heavy atom. The van der Waals surface area contributed by atoms with Crippen LogP contribution in [-0.2, 0) is 19.7 Å². The molecule has 1 aromatic carbocycles. The molecule has 0 heterocycles. The number of rotatable bonds is 5. The fourth-order valence-electron chi connectivity index (χ4n) is 2.29. The van der Waals surface area contributed by atoms with Crippen molar-refractivity contribution in [1.29, 1.82) is 0 Å². The summed E-state index contributed by atoms with van der Waals surface area (Å²) in [6.45, 7) is 15.0. The zero-order valence-corrected chi connectivity index (χ0v) is 16.9. The Morgan fingerprint density at radius 3 is 1.88 bits per heavy atom. The van der Waals surface area contributed by atoms with Gasteiger partial charge in [0.25, 0.3) is 0 Å². The van der Waals surface area contributed by atoms with Gasteiger partial charge < -0.3 is 4.74 Å². The van der Waals surface area contributed by atoms with E-state index in [1.54, 1.807) is 27.7 Å². The third-order valence-electron chi connectivity index (χ3n) is 4.24. The quantitative estimate of drug-likeness (QED) is 0.536. The summed E-state index contributed by atoms with van der Waals surface area (Å²) in [6, 6.07) is 8.32. The standard InChI is InChI=1S/C22H32O3/c1-16(23)22(8,19(24)25-21(5,6)7)15-9-10-17-11-13-18(14-12-17)20(2,3)4/h9-14H,15H2,1-8H3/b10-9+/t22-/m0/s1. The van der Waals surface area contributed by atoms with E-state index in [0.717, 1.165) is 5.56 Å². The average molecular weight is 344 g/mol. The Hall–Kier alpha value is -1.90. The van der Waals surface area contributed by atoms with Gasteiger partial charge in [-0.25, -0.2) is 0 Å². The molecule has 0 aliphatic rings. The predicted molar refractivity (Wildman–Crippen MR) is 103 cm³/mol. The molecule has 0 radical (unpaired) electrons. The first kappa shape index (κ1) is 21.1. The van der Waals surface area contributed by atoms with Crippen molar-refractivity contribution in [2.45, 2.75) is 72.8 Å². The molecule has 3 nitrogen and oxygen atoms in total. The molecule has 0 fully saturated rings. The molecule has 138 valence electrons. The maximum atomic E-state index is 12.4. The highest BCUT2D eigenvalue weighted by molar-refractivity contribution is 6.02. The molecule has 0 aliphatic heterocycles. The van der Waals surface area contributed by atoms with E-state index in [4.69, 9.17) is 4.74 Å². The number of hydrogen-bond acceptors (Lipinski definition) is 3. The Balaban J connectivity index is 2.89. The molecular weight excluding hydrogens is 312 g/mol. The van der Waals surface area contributed by atoms with Gasteiger partial charge in [0.1, 0.15) is 16.8 Å². The Kier molecular flexibility index (Phi) is 6.39. The highest BCUT2D eigenvalue weighted by Gasteiger charge is 2.40. The molecule has 0 bridgehead atoms. The van der Waals surface area contributed by atoms with Gasteiger partial charge in [-0.1, -0.05) is 57.2 Å². The van der Waals surface area contributed by atoms with Crippen LogP contribution in [0.1, 0.15) is 72.9 Å². The zero-order chi connectivity index (χ0) is 19.5. The number of carbonyl (C=O) groups is 2. The fourth-order valence-corrected chi connectivity index (χ4v) is 2.29. The van der Waals surface area contributed by atoms with Crippen LogP contribution in [0.4, 0.5) is 0 Å². The first-order valence-corrected chi connectivity index (χ1v) is 8.77. The average Bonchev–Trinajstić information content (AvgIpc) is 2.44. The molecule has 1 rings (SSSR count). The largest absolute Gasteiger partial charge is 0.459 e. The van der Waals surface area contributed by atoms with E-state index >= 15 is 0 Å². The van der Waals surface area contributed by atoms with Crippen LogP contribution in [0.2, 0.25) is 0 Å². The van der Waals surface area contributed by atoms with Crippen LogP contribution in [0.15, 0.2) is 30.3 Å². The highest BCUT2D eigenvalue weighted by atomic mass is 16.6. The van der Waals surface area contributed by atoms with Crippen molar-refractivity contribution in [3.05, 3.63) is 41.5 Å². The first-order chi connectivity index (χ1) is 11.3. The monoisotopic (exact) mass is 344 g/mol. The lowest BCUT2D eigenvalue weighted by atomic mass is 9.82. The van der Waals surface area contributed by atoms with Crippen molar-refractivity contribution in [2.75, 3.05) is 0 Å². The number of ether oxygens (including phenoxy) is 1. The topological polar surface area (TPSA) is 43.4 Å². The molecule has 0 saturated heterocycles. The molecule has 25 heavy (non-hydrogen) atoms. The number of Topliss-reactive ketones (excluding diaryl/α,β-unsaturated/α-hetero) is 1. The summed E-state index contributed by atoms with van der Waals surface area (Å²) in [5.41, 5.74) is 0.664. The van der Waals surface area contributed by atoms with Crippen LogP contribution in [0.25, 0.3) is 6.08 Å². The van der Waals surface area contributed by atoms with Crippen LogP contribution < -0.4 is 0 Å². The van der Waals surface area contributed by atoms with Gasteiger partial charge in [-0.3, -0.25) is 9.59 Å². The van der Waals surface area contributed by atoms with Crippen LogP contribution in [-0.4, -0.2) is 17.4 Å². The van der Waals surface area contributed by atoms with Gasteiger partial charge in [-0.2, -0.15) is 0 Å². The van der Waals surface area contributed by atoms with Crippen molar-refractivity contribution >= 4 is 17.8 Å². The second-order valence-corrected chi connectivity index (χ2v) is 8.87. The molecule has 3 heteroatoms. The van der Waals surface area contributed by atoms with Crippen LogP contribution in [0, 0.1) is 5.41 Å². The molecule has 0 unspecified atom stereocenters. The molecule has 0 spiro atoms. The lowest BCUT2D eigenvalue weighted by Gasteiger charge is -2.28. The molecule has 1 atom stereocenters. The van der Waals surface area contributed by atoms with Crippen molar-refractivity contribution in [2.24, 2.45) is 5.41 Å². The number of ketones is 1. The van der Waals surface area contributed by atoms with Gasteiger partial charge in [-0.15, -0.1) is 0 Å². The van der Waals surface area contributed by atoms with Crippen LogP contribution in [0.3, 0.4) is 0 Å². The SMILES string of the molecule is CC(=O)[C@](C)(C/C=C/c1ccc(C(C)(C)C)cc1)C(=O)OC(C)(C)C. The lowest BCUT2D eigenvalue weighted by Crippen LogP contribution is -2.40. The van der Waals surface area contributed by atoms with Gasteiger partial charge in [0, 0.05) is 0 Å². The van der Waals surface area contributed by atoms with Crippen molar-refractivity contribution in [3.63, 3.8) is 0 Å². The summed E-state index contributed by atoms with van der Waals surface area (Å²) in [5.74, 6) is -0.658. The molecular formula is C22H32O3. The smallest absolute Gasteiger partial charge is 0.320 e. The molecule has 0 N–H and O–H groups in total. The summed E-state index contributed by atoms with van der Waals surface area (Å²) in [5, 5.41) is 0. The Labute approximate surface area is 152 Å². The molecule has 0 amide bonds. The molecule has 0 saturated carbocycles. The third kappa shape index (κ3) is 6.15. The van der Waals surface area contributed by atoms with E-state index in [-0.39, 0.29) is 11.2 Å². The second-order valence-electron chi connectivity index (χ2n) is 8.87. The summed E-state index contributed by atoms with van der Waals surface area (Å²) < 4.78 is 5.43. The third-order valence-corrected chi connectivity index (χ3v) is 4.24. The van der Waals surface area contributed by atoms with E-state index < -0.39 is 17.0 Å². The van der Waals surface area contributed by atoms with Crippen molar-refractivity contribution in [1.82, 2.24) is 0 Å². The second kappa shape index (κ2) is 7.55. The maximum Gasteiger partial charge on any atom is 0.320 e. The minimum atomic E-state index is -1.16. The molecule has 0 aromatic heterocycles. The van der Waals surface area contributed by atoms with Gasteiger partial charge in [0.05, 0.1) is 0 Å². The Bertz CT molecular complexity index is 639. The number of esters is 1. The summed E-state index contributed by atoms with van der Waals surface area (Å²) in [6.07, 6.45) is 4.13. The van der Waals surface area contributed by atoms with Crippen molar-refractivity contribution < 1.29 is 14.3 Å². The predicted octanol–water partition coefficient (Wildman–Crippen LogP) is 5.32. The Morgan fingerprint density at radius 2 is 1.48 bits per heavy atom. The van der Waals surface area contributed by atoms with E-state index in [2.05, 4.69) is 45.0 Å². The summed E-state index contributed by atoms with van der Waals surface area (Å²) in [4.78, 5) is 24.5. The van der Waals surface area contributed by atoms with E-state index in [1.165, 1.54) is 12.5 Å².